The summed E-state index contributed by atoms with van der Waals surface area (Å²) in [5.74, 6) is 6.43. The lowest BCUT2D eigenvalue weighted by Crippen LogP contribution is -2.40. The van der Waals surface area contributed by atoms with Crippen LogP contribution in [-0.4, -0.2) is 11.9 Å². The first-order valence-electron chi connectivity index (χ1n) is 5.59. The third-order valence-electron chi connectivity index (χ3n) is 2.73. The van der Waals surface area contributed by atoms with Crippen molar-refractivity contribution < 1.29 is 0 Å². The maximum atomic E-state index is 5.50. The molecule has 82 valence electrons. The highest BCUT2D eigenvalue weighted by Crippen LogP contribution is 2.22. The molecule has 0 unspecified atom stereocenters. The van der Waals surface area contributed by atoms with Gasteiger partial charge in [-0.2, -0.15) is 0 Å². The van der Waals surface area contributed by atoms with Crippen LogP contribution in [0.25, 0.3) is 0 Å². The number of nitrogens with zero attached hydrogens (tertiary/aromatic N) is 1. The molecule has 0 radical (unpaired) electrons. The molecule has 3 N–H and O–H groups in total. The quantitative estimate of drug-likeness (QED) is 0.293. The van der Waals surface area contributed by atoms with Crippen LogP contribution < -0.4 is 11.3 Å². The molecule has 0 bridgehead atoms. The Morgan fingerprint density at radius 3 is 2.21 bits per heavy atom. The molecule has 3 heteroatoms. The summed E-state index contributed by atoms with van der Waals surface area (Å²) in [6.45, 7) is 6.40. The Labute approximate surface area is 87.1 Å². The van der Waals surface area contributed by atoms with E-state index in [1.54, 1.807) is 0 Å². The maximum Gasteiger partial charge on any atom is 0.116 e. The van der Waals surface area contributed by atoms with Crippen molar-refractivity contribution in [3.05, 3.63) is 0 Å². The summed E-state index contributed by atoms with van der Waals surface area (Å²) in [5, 5.41) is 0. The van der Waals surface area contributed by atoms with Crippen molar-refractivity contribution in [2.75, 3.05) is 0 Å². The molecule has 0 aromatic heterocycles. The molecule has 0 atom stereocenters. The highest BCUT2D eigenvalue weighted by atomic mass is 15.3. The summed E-state index contributed by atoms with van der Waals surface area (Å²) in [4.78, 5) is 4.71. The van der Waals surface area contributed by atoms with Crippen LogP contribution in [0.3, 0.4) is 0 Å². The molecular formula is C11H23N3. The topological polar surface area (TPSA) is 50.4 Å². The van der Waals surface area contributed by atoms with E-state index in [2.05, 4.69) is 26.2 Å². The zero-order valence-electron chi connectivity index (χ0n) is 9.64. The van der Waals surface area contributed by atoms with Crippen LogP contribution in [0.5, 0.6) is 0 Å². The fraction of sp³-hybridized carbons (Fsp3) is 0.909. The first-order chi connectivity index (χ1) is 6.54. The van der Waals surface area contributed by atoms with Gasteiger partial charge in [-0.15, -0.1) is 0 Å². The Kier molecular flexibility index (Phi) is 3.93. The van der Waals surface area contributed by atoms with Gasteiger partial charge in [0.05, 0.1) is 6.04 Å². The third-order valence-corrected chi connectivity index (χ3v) is 2.73. The Morgan fingerprint density at radius 1 is 1.21 bits per heavy atom. The summed E-state index contributed by atoms with van der Waals surface area (Å²) < 4.78 is 0. The lowest BCUT2D eigenvalue weighted by Gasteiger charge is -2.25. The van der Waals surface area contributed by atoms with Crippen molar-refractivity contribution in [3.63, 3.8) is 0 Å². The number of hydrogen-bond donors (Lipinski definition) is 2. The monoisotopic (exact) mass is 197 g/mol. The Morgan fingerprint density at radius 2 is 1.79 bits per heavy atom. The lowest BCUT2D eigenvalue weighted by atomic mass is 9.92. The molecule has 1 rings (SSSR count). The minimum Gasteiger partial charge on any atom is -0.312 e. The molecule has 0 amide bonds. The van der Waals surface area contributed by atoms with Gasteiger partial charge in [0.1, 0.15) is 5.84 Å². The van der Waals surface area contributed by atoms with Crippen molar-refractivity contribution in [3.8, 4) is 0 Å². The molecule has 1 fully saturated rings. The molecule has 0 aromatic rings. The van der Waals surface area contributed by atoms with E-state index in [4.69, 9.17) is 10.8 Å². The lowest BCUT2D eigenvalue weighted by molar-refractivity contribution is 0.435. The van der Waals surface area contributed by atoms with E-state index in [0.29, 0.717) is 6.04 Å². The van der Waals surface area contributed by atoms with Crippen molar-refractivity contribution in [1.82, 2.24) is 5.43 Å². The van der Waals surface area contributed by atoms with Gasteiger partial charge in [-0.1, -0.05) is 40.0 Å². The smallest absolute Gasteiger partial charge is 0.116 e. The van der Waals surface area contributed by atoms with Crippen molar-refractivity contribution in [2.45, 2.75) is 58.9 Å². The van der Waals surface area contributed by atoms with Gasteiger partial charge in [0.15, 0.2) is 0 Å². The Bertz CT molecular complexity index is 197. The molecule has 14 heavy (non-hydrogen) atoms. The van der Waals surface area contributed by atoms with Crippen molar-refractivity contribution >= 4 is 5.84 Å². The minimum atomic E-state index is 0.0339. The highest BCUT2D eigenvalue weighted by molar-refractivity contribution is 5.86. The SMILES string of the molecule is CC(C)(C)C(=NC1CCCCC1)NN. The minimum absolute atomic E-state index is 0.0339. The van der Waals surface area contributed by atoms with Gasteiger partial charge < -0.3 is 5.43 Å². The van der Waals surface area contributed by atoms with Gasteiger partial charge in [-0.3, -0.25) is 4.99 Å². The zero-order chi connectivity index (χ0) is 10.6. The third kappa shape index (κ3) is 3.29. The molecule has 1 saturated carbocycles. The summed E-state index contributed by atoms with van der Waals surface area (Å²) in [7, 11) is 0. The fourth-order valence-corrected chi connectivity index (χ4v) is 1.84. The second-order valence-electron chi connectivity index (χ2n) is 5.16. The summed E-state index contributed by atoms with van der Waals surface area (Å²) in [6, 6.07) is 0.494. The van der Waals surface area contributed by atoms with E-state index in [0.717, 1.165) is 5.84 Å². The molecule has 0 aliphatic heterocycles. The van der Waals surface area contributed by atoms with Crippen molar-refractivity contribution in [1.29, 1.82) is 0 Å². The second-order valence-corrected chi connectivity index (χ2v) is 5.16. The maximum absolute atomic E-state index is 5.50. The van der Waals surface area contributed by atoms with E-state index in [1.165, 1.54) is 32.1 Å². The molecule has 0 aromatic carbocycles. The molecular weight excluding hydrogens is 174 g/mol. The van der Waals surface area contributed by atoms with E-state index in [9.17, 15) is 0 Å². The molecule has 0 heterocycles. The molecule has 0 saturated heterocycles. The average Bonchev–Trinajstić information content (AvgIpc) is 2.14. The number of rotatable bonds is 1. The molecule has 1 aliphatic carbocycles. The van der Waals surface area contributed by atoms with Crippen LogP contribution in [-0.2, 0) is 0 Å². The van der Waals surface area contributed by atoms with Gasteiger partial charge in [0.2, 0.25) is 0 Å². The molecule has 1 aliphatic rings. The van der Waals surface area contributed by atoms with Crippen LogP contribution in [0.1, 0.15) is 52.9 Å². The van der Waals surface area contributed by atoms with Crippen LogP contribution in [0, 0.1) is 5.41 Å². The van der Waals surface area contributed by atoms with E-state index >= 15 is 0 Å². The summed E-state index contributed by atoms with van der Waals surface area (Å²) in [6.07, 6.45) is 6.45. The van der Waals surface area contributed by atoms with Gasteiger partial charge in [-0.25, -0.2) is 5.84 Å². The largest absolute Gasteiger partial charge is 0.312 e. The first kappa shape index (κ1) is 11.5. The van der Waals surface area contributed by atoms with Gasteiger partial charge in [0.25, 0.3) is 0 Å². The van der Waals surface area contributed by atoms with Crippen LogP contribution in [0.2, 0.25) is 0 Å². The molecule has 3 nitrogen and oxygen atoms in total. The number of nitrogens with two attached hydrogens (primary N) is 1. The van der Waals surface area contributed by atoms with Crippen LogP contribution in [0.15, 0.2) is 4.99 Å². The van der Waals surface area contributed by atoms with Gasteiger partial charge >= 0.3 is 0 Å². The first-order valence-corrected chi connectivity index (χ1v) is 5.59. The van der Waals surface area contributed by atoms with E-state index in [-0.39, 0.29) is 5.41 Å². The average molecular weight is 197 g/mol. The summed E-state index contributed by atoms with van der Waals surface area (Å²) >= 11 is 0. The predicted octanol–water partition coefficient (Wildman–Crippen LogP) is 2.23. The van der Waals surface area contributed by atoms with E-state index < -0.39 is 0 Å². The summed E-state index contributed by atoms with van der Waals surface area (Å²) in [5.41, 5.74) is 2.77. The van der Waals surface area contributed by atoms with E-state index in [1.807, 2.05) is 0 Å². The highest BCUT2D eigenvalue weighted by Gasteiger charge is 2.20. The normalized spacial score (nSPS) is 21.0. The van der Waals surface area contributed by atoms with Gasteiger partial charge in [-0.05, 0) is 12.8 Å². The number of hydrogen-bond acceptors (Lipinski definition) is 2. The molecule has 0 spiro atoms. The predicted molar refractivity (Wildman–Crippen MR) is 61.1 cm³/mol. The zero-order valence-corrected chi connectivity index (χ0v) is 9.64. The second kappa shape index (κ2) is 4.78. The van der Waals surface area contributed by atoms with Crippen molar-refractivity contribution in [2.24, 2.45) is 16.3 Å². The van der Waals surface area contributed by atoms with Crippen LogP contribution >= 0.6 is 0 Å². The number of amidine groups is 1. The number of aliphatic imine (C=N–C) groups is 1. The number of nitrogens with one attached hydrogen (secondary N) is 1. The number of hydrazine groups is 1. The van der Waals surface area contributed by atoms with Gasteiger partial charge in [0, 0.05) is 5.41 Å². The fourth-order valence-electron chi connectivity index (χ4n) is 1.84. The van der Waals surface area contributed by atoms with Crippen LogP contribution in [0.4, 0.5) is 0 Å². The standard InChI is InChI=1S/C11H23N3/c1-11(2,3)10(14-12)13-9-7-5-4-6-8-9/h9H,4-8,12H2,1-3H3,(H,13,14). The Balaban J connectivity index is 2.62. The Hall–Kier alpha value is -0.570.